The van der Waals surface area contributed by atoms with E-state index in [-0.39, 0.29) is 5.91 Å². The van der Waals surface area contributed by atoms with Gasteiger partial charge in [-0.3, -0.25) is 4.79 Å². The first-order valence-corrected chi connectivity index (χ1v) is 9.19. The minimum Gasteiger partial charge on any atom is -0.350 e. The van der Waals surface area contributed by atoms with E-state index in [2.05, 4.69) is 20.8 Å². The molecule has 2 N–H and O–H groups in total. The number of para-hydroxylation sites is 1. The molecule has 24 heavy (non-hydrogen) atoms. The Morgan fingerprint density at radius 1 is 1.21 bits per heavy atom. The number of aromatic nitrogens is 1. The summed E-state index contributed by atoms with van der Waals surface area (Å²) in [6.45, 7) is 5.72. The number of benzene rings is 1. The normalized spacial score (nSPS) is 13.0. The number of hydrazone groups is 1. The molecule has 124 valence electrons. The predicted molar refractivity (Wildman–Crippen MR) is 102 cm³/mol. The van der Waals surface area contributed by atoms with Crippen LogP contribution in [0.2, 0.25) is 0 Å². The van der Waals surface area contributed by atoms with Crippen molar-refractivity contribution < 1.29 is 4.79 Å². The molecule has 3 aromatic rings. The lowest BCUT2D eigenvalue weighted by Gasteiger charge is -2.10. The number of hydrogen-bond donors (Lipinski definition) is 2. The predicted octanol–water partition coefficient (Wildman–Crippen LogP) is 4.01. The Labute approximate surface area is 148 Å². The first-order valence-electron chi connectivity index (χ1n) is 7.56. The molecule has 1 amide bonds. The fourth-order valence-corrected chi connectivity index (χ4v) is 3.87. The second-order valence-electron chi connectivity index (χ2n) is 5.44. The van der Waals surface area contributed by atoms with Gasteiger partial charge in [0.2, 0.25) is 0 Å². The first kappa shape index (κ1) is 16.6. The summed E-state index contributed by atoms with van der Waals surface area (Å²) >= 11 is 3.19. The molecule has 0 aliphatic rings. The van der Waals surface area contributed by atoms with Crippen molar-refractivity contribution in [2.45, 2.75) is 26.8 Å². The van der Waals surface area contributed by atoms with Gasteiger partial charge in [-0.15, -0.1) is 11.3 Å². The Morgan fingerprint density at radius 2 is 2.00 bits per heavy atom. The molecule has 0 radical (unpaired) electrons. The van der Waals surface area contributed by atoms with Gasteiger partial charge in [0.1, 0.15) is 6.04 Å². The molecule has 0 saturated carbocycles. The van der Waals surface area contributed by atoms with Gasteiger partial charge in [0, 0.05) is 4.88 Å². The summed E-state index contributed by atoms with van der Waals surface area (Å²) in [6.07, 6.45) is 0. The van der Waals surface area contributed by atoms with Crippen molar-refractivity contribution in [1.82, 2.24) is 10.4 Å². The topological polar surface area (TPSA) is 66.4 Å². The second-order valence-corrected chi connectivity index (χ2v) is 7.75. The minimum absolute atomic E-state index is 0.193. The van der Waals surface area contributed by atoms with Gasteiger partial charge < -0.3 is 5.32 Å². The third-order valence-electron chi connectivity index (χ3n) is 3.46. The lowest BCUT2D eigenvalue weighted by Crippen LogP contribution is -2.35. The number of thiazole rings is 1. The van der Waals surface area contributed by atoms with E-state index in [1.807, 2.05) is 50.2 Å². The van der Waals surface area contributed by atoms with Crippen LogP contribution in [0.5, 0.6) is 0 Å². The van der Waals surface area contributed by atoms with Crippen molar-refractivity contribution in [2.24, 2.45) is 5.10 Å². The van der Waals surface area contributed by atoms with Crippen molar-refractivity contribution in [1.29, 1.82) is 0 Å². The molecule has 1 aromatic carbocycles. The fraction of sp³-hybridized carbons (Fsp3) is 0.235. The highest BCUT2D eigenvalue weighted by atomic mass is 32.1. The lowest BCUT2D eigenvalue weighted by atomic mass is 10.3. The fourth-order valence-electron chi connectivity index (χ4n) is 2.10. The number of hydrogen-bond acceptors (Lipinski definition) is 6. The van der Waals surface area contributed by atoms with E-state index in [1.54, 1.807) is 18.3 Å². The SMILES string of the molecule is C/C(=N/NC(=O)[C@H](C)Nc1nc2ccccc2s1)c1ccc(C)s1. The molecule has 0 fully saturated rings. The van der Waals surface area contributed by atoms with Crippen LogP contribution in [0.3, 0.4) is 0 Å². The number of rotatable bonds is 5. The van der Waals surface area contributed by atoms with E-state index in [1.165, 1.54) is 16.2 Å². The Balaban J connectivity index is 1.62. The lowest BCUT2D eigenvalue weighted by molar-refractivity contribution is -0.121. The van der Waals surface area contributed by atoms with Gasteiger partial charge >= 0.3 is 0 Å². The summed E-state index contributed by atoms with van der Waals surface area (Å²) in [5, 5.41) is 8.04. The molecule has 1 atom stereocenters. The Kier molecular flexibility index (Phi) is 4.92. The van der Waals surface area contributed by atoms with E-state index >= 15 is 0 Å². The number of carbonyl (C=O) groups is 1. The second kappa shape index (κ2) is 7.11. The van der Waals surface area contributed by atoms with Gasteiger partial charge in [0.25, 0.3) is 5.91 Å². The summed E-state index contributed by atoms with van der Waals surface area (Å²) < 4.78 is 1.09. The van der Waals surface area contributed by atoms with Crippen LogP contribution in [0.25, 0.3) is 10.2 Å². The van der Waals surface area contributed by atoms with Crippen LogP contribution in [-0.2, 0) is 4.79 Å². The van der Waals surface area contributed by atoms with Gasteiger partial charge in [-0.05, 0) is 45.0 Å². The van der Waals surface area contributed by atoms with Crippen molar-refractivity contribution >= 4 is 49.6 Å². The zero-order chi connectivity index (χ0) is 17.1. The Morgan fingerprint density at radius 3 is 2.71 bits per heavy atom. The summed E-state index contributed by atoms with van der Waals surface area (Å²) in [7, 11) is 0. The van der Waals surface area contributed by atoms with Crippen molar-refractivity contribution in [3.05, 3.63) is 46.2 Å². The van der Waals surface area contributed by atoms with E-state index in [4.69, 9.17) is 0 Å². The van der Waals surface area contributed by atoms with Crippen LogP contribution in [0, 0.1) is 6.92 Å². The molecule has 0 spiro atoms. The van der Waals surface area contributed by atoms with Crippen LogP contribution in [0.1, 0.15) is 23.6 Å². The van der Waals surface area contributed by atoms with Crippen LogP contribution < -0.4 is 10.7 Å². The molecular formula is C17H18N4OS2. The monoisotopic (exact) mass is 358 g/mol. The number of nitrogens with one attached hydrogen (secondary N) is 2. The van der Waals surface area contributed by atoms with Crippen LogP contribution in [-0.4, -0.2) is 22.6 Å². The van der Waals surface area contributed by atoms with Gasteiger partial charge in [-0.1, -0.05) is 23.5 Å². The molecule has 2 heterocycles. The maximum atomic E-state index is 12.2. The summed E-state index contributed by atoms with van der Waals surface area (Å²) in [5.41, 5.74) is 4.34. The molecule has 0 aliphatic heterocycles. The molecule has 0 saturated heterocycles. The third kappa shape index (κ3) is 3.80. The smallest absolute Gasteiger partial charge is 0.262 e. The van der Waals surface area contributed by atoms with Gasteiger partial charge in [-0.25, -0.2) is 10.4 Å². The zero-order valence-electron chi connectivity index (χ0n) is 13.7. The largest absolute Gasteiger partial charge is 0.350 e. The molecule has 7 heteroatoms. The quantitative estimate of drug-likeness (QED) is 0.535. The number of anilines is 1. The van der Waals surface area contributed by atoms with E-state index in [0.29, 0.717) is 0 Å². The summed E-state index contributed by atoms with van der Waals surface area (Å²) in [4.78, 5) is 19.0. The van der Waals surface area contributed by atoms with Crippen LogP contribution in [0.15, 0.2) is 41.5 Å². The number of carbonyl (C=O) groups excluding carboxylic acids is 1. The highest BCUT2D eigenvalue weighted by Gasteiger charge is 2.14. The van der Waals surface area contributed by atoms with Crippen molar-refractivity contribution in [3.63, 3.8) is 0 Å². The Hall–Kier alpha value is -2.25. The Bertz CT molecular complexity index is 864. The maximum absolute atomic E-state index is 12.2. The molecular weight excluding hydrogens is 340 g/mol. The summed E-state index contributed by atoms with van der Waals surface area (Å²) in [6, 6.07) is 11.5. The highest BCUT2D eigenvalue weighted by Crippen LogP contribution is 2.25. The van der Waals surface area contributed by atoms with Crippen LogP contribution >= 0.6 is 22.7 Å². The average molecular weight is 358 g/mol. The number of nitrogens with zero attached hydrogens (tertiary/aromatic N) is 2. The summed E-state index contributed by atoms with van der Waals surface area (Å²) in [5.74, 6) is -0.193. The number of amides is 1. The first-order chi connectivity index (χ1) is 11.5. The molecule has 3 rings (SSSR count). The van der Waals surface area contributed by atoms with E-state index in [9.17, 15) is 4.79 Å². The number of thiophene rings is 1. The molecule has 0 bridgehead atoms. The van der Waals surface area contributed by atoms with Gasteiger partial charge in [-0.2, -0.15) is 5.10 Å². The minimum atomic E-state index is -0.424. The van der Waals surface area contributed by atoms with Gasteiger partial charge in [0.15, 0.2) is 5.13 Å². The average Bonchev–Trinajstić information content (AvgIpc) is 3.17. The molecule has 0 unspecified atom stereocenters. The number of aryl methyl sites for hydroxylation is 1. The zero-order valence-corrected chi connectivity index (χ0v) is 15.3. The highest BCUT2D eigenvalue weighted by molar-refractivity contribution is 7.22. The number of fused-ring (bicyclic) bond motifs is 1. The van der Waals surface area contributed by atoms with E-state index < -0.39 is 6.04 Å². The molecule has 0 aliphatic carbocycles. The van der Waals surface area contributed by atoms with Crippen molar-refractivity contribution in [3.8, 4) is 0 Å². The van der Waals surface area contributed by atoms with Crippen molar-refractivity contribution in [2.75, 3.05) is 5.32 Å². The standard InChI is InChI=1S/C17H18N4OS2/c1-10-8-9-14(23-10)11(2)20-21-16(22)12(3)18-17-19-13-6-4-5-7-15(13)24-17/h4-9,12H,1-3H3,(H,18,19)(H,21,22)/b20-11-/t12-/m0/s1. The maximum Gasteiger partial charge on any atom is 0.262 e. The van der Waals surface area contributed by atoms with E-state index in [0.717, 1.165) is 25.9 Å². The van der Waals surface area contributed by atoms with Gasteiger partial charge in [0.05, 0.1) is 20.8 Å². The molecule has 5 nitrogen and oxygen atoms in total. The molecule has 2 aromatic heterocycles. The van der Waals surface area contributed by atoms with Crippen LogP contribution in [0.4, 0.5) is 5.13 Å². The third-order valence-corrected chi connectivity index (χ3v) is 5.53.